The molecule has 0 saturated heterocycles. The number of ether oxygens (including phenoxy) is 1. The van der Waals surface area contributed by atoms with Gasteiger partial charge in [0.1, 0.15) is 5.75 Å². The topological polar surface area (TPSA) is 66.5 Å². The highest BCUT2D eigenvalue weighted by molar-refractivity contribution is 5.88. The summed E-state index contributed by atoms with van der Waals surface area (Å²) in [6.07, 6.45) is 1.51. The molecule has 2 N–H and O–H groups in total. The number of hydrogen-bond donors (Lipinski definition) is 2. The summed E-state index contributed by atoms with van der Waals surface area (Å²) in [4.78, 5) is 14.9. The summed E-state index contributed by atoms with van der Waals surface area (Å²) in [5, 5.41) is 5.01. The number of pyridine rings is 1. The van der Waals surface area contributed by atoms with Gasteiger partial charge in [0.2, 0.25) is 0 Å². The molecule has 5 heteroatoms. The largest absolute Gasteiger partial charge is 0.497 e. The molecule has 0 amide bonds. The van der Waals surface area contributed by atoms with Crippen molar-refractivity contribution in [2.45, 2.75) is 0 Å². The predicted molar refractivity (Wildman–Crippen MR) is 88.8 cm³/mol. The zero-order valence-electron chi connectivity index (χ0n) is 12.0. The van der Waals surface area contributed by atoms with Crippen LogP contribution < -0.4 is 15.7 Å². The van der Waals surface area contributed by atoms with E-state index in [1.165, 1.54) is 6.21 Å². The molecule has 3 aromatic rings. The van der Waals surface area contributed by atoms with Crippen LogP contribution >= 0.6 is 0 Å². The average molecular weight is 293 g/mol. The van der Waals surface area contributed by atoms with Crippen LogP contribution in [0.4, 0.5) is 5.69 Å². The number of methoxy groups -OCH3 is 1. The minimum absolute atomic E-state index is 0.195. The Hall–Kier alpha value is -3.08. The Labute approximate surface area is 127 Å². The first-order valence-corrected chi connectivity index (χ1v) is 6.81. The maximum absolute atomic E-state index is 12.1. The number of hydrazone groups is 1. The summed E-state index contributed by atoms with van der Waals surface area (Å²) in [7, 11) is 1.59. The van der Waals surface area contributed by atoms with Crippen LogP contribution in [0.5, 0.6) is 5.75 Å². The zero-order chi connectivity index (χ0) is 15.4. The molecular weight excluding hydrogens is 278 g/mol. The number of nitrogens with one attached hydrogen (secondary N) is 2. The third-order valence-electron chi connectivity index (χ3n) is 3.25. The lowest BCUT2D eigenvalue weighted by Crippen LogP contribution is -2.12. The van der Waals surface area contributed by atoms with Crippen LogP contribution in [0.1, 0.15) is 5.56 Å². The van der Waals surface area contributed by atoms with Crippen molar-refractivity contribution in [3.05, 3.63) is 70.5 Å². The Morgan fingerprint density at radius 2 is 1.95 bits per heavy atom. The quantitative estimate of drug-likeness (QED) is 0.574. The summed E-state index contributed by atoms with van der Waals surface area (Å²) < 4.78 is 5.15. The Bertz CT molecular complexity index is 870. The minimum Gasteiger partial charge on any atom is -0.497 e. The molecule has 0 radical (unpaired) electrons. The van der Waals surface area contributed by atoms with Crippen LogP contribution in [0.2, 0.25) is 0 Å². The van der Waals surface area contributed by atoms with Crippen LogP contribution in [0, 0.1) is 0 Å². The van der Waals surface area contributed by atoms with Gasteiger partial charge in [-0.15, -0.1) is 0 Å². The molecule has 3 rings (SSSR count). The van der Waals surface area contributed by atoms with Gasteiger partial charge in [-0.25, -0.2) is 0 Å². The fourth-order valence-corrected chi connectivity index (χ4v) is 2.11. The number of benzene rings is 2. The molecule has 0 unspecified atom stereocenters. The summed E-state index contributed by atoms with van der Waals surface area (Å²) in [6.45, 7) is 0. The highest BCUT2D eigenvalue weighted by Crippen LogP contribution is 2.18. The van der Waals surface area contributed by atoms with E-state index in [0.717, 1.165) is 16.6 Å². The van der Waals surface area contributed by atoms with Crippen molar-refractivity contribution in [2.24, 2.45) is 5.10 Å². The second kappa shape index (κ2) is 6.13. The van der Waals surface area contributed by atoms with E-state index >= 15 is 0 Å². The summed E-state index contributed by atoms with van der Waals surface area (Å²) >= 11 is 0. The molecule has 0 saturated carbocycles. The lowest BCUT2D eigenvalue weighted by Gasteiger charge is -2.03. The standard InChI is InChI=1S/C17H15N3O2/c1-22-15-8-7-12-9-13(17(21)19-16(12)10-15)11-18-20-14-5-3-2-4-6-14/h2-11,20H,1H3,(H,19,21)/b18-11+. The minimum atomic E-state index is -0.195. The van der Waals surface area contributed by atoms with E-state index in [4.69, 9.17) is 4.74 Å². The number of aromatic nitrogens is 1. The highest BCUT2D eigenvalue weighted by Gasteiger charge is 2.02. The van der Waals surface area contributed by atoms with Gasteiger partial charge in [-0.2, -0.15) is 5.10 Å². The molecule has 0 bridgehead atoms. The molecule has 2 aromatic carbocycles. The molecule has 22 heavy (non-hydrogen) atoms. The summed E-state index contributed by atoms with van der Waals surface area (Å²) in [6, 6.07) is 16.9. The number of anilines is 1. The van der Waals surface area contributed by atoms with Crippen molar-refractivity contribution >= 4 is 22.8 Å². The molecule has 5 nitrogen and oxygen atoms in total. The summed E-state index contributed by atoms with van der Waals surface area (Å²) in [5.74, 6) is 0.704. The van der Waals surface area contributed by atoms with Crippen LogP contribution in [0.3, 0.4) is 0 Å². The molecule has 0 aliphatic heterocycles. The van der Waals surface area contributed by atoms with Gasteiger partial charge in [0.25, 0.3) is 5.56 Å². The van der Waals surface area contributed by atoms with E-state index in [2.05, 4.69) is 15.5 Å². The van der Waals surface area contributed by atoms with E-state index in [1.54, 1.807) is 19.2 Å². The Morgan fingerprint density at radius 1 is 1.14 bits per heavy atom. The fourth-order valence-electron chi connectivity index (χ4n) is 2.11. The Balaban J connectivity index is 1.87. The van der Waals surface area contributed by atoms with Crippen LogP contribution in [0.15, 0.2) is 64.5 Å². The molecule has 0 fully saturated rings. The first-order valence-electron chi connectivity index (χ1n) is 6.81. The molecule has 0 aliphatic carbocycles. The number of rotatable bonds is 4. The van der Waals surface area contributed by atoms with E-state index in [-0.39, 0.29) is 5.56 Å². The number of para-hydroxylation sites is 1. The average Bonchev–Trinajstić information content (AvgIpc) is 2.56. The number of fused-ring (bicyclic) bond motifs is 1. The van der Waals surface area contributed by atoms with E-state index in [0.29, 0.717) is 11.3 Å². The second-order valence-corrected chi connectivity index (χ2v) is 4.74. The number of aromatic amines is 1. The van der Waals surface area contributed by atoms with Gasteiger partial charge < -0.3 is 9.72 Å². The van der Waals surface area contributed by atoms with Crippen molar-refractivity contribution in [3.63, 3.8) is 0 Å². The van der Waals surface area contributed by atoms with Crippen LogP contribution in [0.25, 0.3) is 10.9 Å². The van der Waals surface area contributed by atoms with E-state index in [1.807, 2.05) is 42.5 Å². The van der Waals surface area contributed by atoms with Crippen LogP contribution in [-0.2, 0) is 0 Å². The Morgan fingerprint density at radius 3 is 2.73 bits per heavy atom. The molecule has 1 aromatic heterocycles. The molecule has 0 aliphatic rings. The molecule has 0 spiro atoms. The van der Waals surface area contributed by atoms with Gasteiger partial charge in [-0.1, -0.05) is 18.2 Å². The zero-order valence-corrected chi connectivity index (χ0v) is 12.0. The summed E-state index contributed by atoms with van der Waals surface area (Å²) in [5.41, 5.74) is 4.77. The molecular formula is C17H15N3O2. The second-order valence-electron chi connectivity index (χ2n) is 4.74. The smallest absolute Gasteiger partial charge is 0.257 e. The number of hydrogen-bond acceptors (Lipinski definition) is 4. The lowest BCUT2D eigenvalue weighted by molar-refractivity contribution is 0.415. The van der Waals surface area contributed by atoms with E-state index < -0.39 is 0 Å². The van der Waals surface area contributed by atoms with Crippen molar-refractivity contribution in [1.82, 2.24) is 4.98 Å². The van der Waals surface area contributed by atoms with Gasteiger partial charge in [0, 0.05) is 6.07 Å². The van der Waals surface area contributed by atoms with Crippen molar-refractivity contribution in [1.29, 1.82) is 0 Å². The van der Waals surface area contributed by atoms with Gasteiger partial charge in [-0.05, 0) is 35.7 Å². The normalized spacial score (nSPS) is 11.0. The highest BCUT2D eigenvalue weighted by atomic mass is 16.5. The number of H-pyrrole nitrogens is 1. The third-order valence-corrected chi connectivity index (χ3v) is 3.25. The van der Waals surface area contributed by atoms with Gasteiger partial charge in [0.05, 0.1) is 30.1 Å². The first-order chi connectivity index (χ1) is 10.8. The Kier molecular flexibility index (Phi) is 3.87. The first kappa shape index (κ1) is 13.9. The van der Waals surface area contributed by atoms with Gasteiger partial charge in [-0.3, -0.25) is 10.2 Å². The monoisotopic (exact) mass is 293 g/mol. The van der Waals surface area contributed by atoms with Crippen molar-refractivity contribution < 1.29 is 4.74 Å². The maximum Gasteiger partial charge on any atom is 0.257 e. The van der Waals surface area contributed by atoms with Gasteiger partial charge in [0.15, 0.2) is 0 Å². The fraction of sp³-hybridized carbons (Fsp3) is 0.0588. The number of nitrogens with zero attached hydrogens (tertiary/aromatic N) is 1. The SMILES string of the molecule is COc1ccc2cc(/C=N/Nc3ccccc3)c(=O)[nH]c2c1. The van der Waals surface area contributed by atoms with Crippen molar-refractivity contribution in [2.75, 3.05) is 12.5 Å². The molecule has 0 atom stereocenters. The third kappa shape index (κ3) is 2.98. The van der Waals surface area contributed by atoms with Crippen molar-refractivity contribution in [3.8, 4) is 5.75 Å². The van der Waals surface area contributed by atoms with E-state index in [9.17, 15) is 4.79 Å². The lowest BCUT2D eigenvalue weighted by atomic mass is 10.1. The van der Waals surface area contributed by atoms with Gasteiger partial charge >= 0.3 is 0 Å². The molecule has 110 valence electrons. The maximum atomic E-state index is 12.1. The molecule has 1 heterocycles. The van der Waals surface area contributed by atoms with Crippen LogP contribution in [-0.4, -0.2) is 18.3 Å². The predicted octanol–water partition coefficient (Wildman–Crippen LogP) is 2.98.